The predicted molar refractivity (Wildman–Crippen MR) is 143 cm³/mol. The third-order valence-electron chi connectivity index (χ3n) is 5.42. The van der Waals surface area contributed by atoms with Gasteiger partial charge in [0.05, 0.1) is 18.3 Å². The minimum atomic E-state index is -0.0332. The Morgan fingerprint density at radius 2 is 2.16 bits per heavy atom. The number of ether oxygens (including phenoxy) is 1. The number of furan rings is 1. The summed E-state index contributed by atoms with van der Waals surface area (Å²) in [7, 11) is 1.78. The summed E-state index contributed by atoms with van der Waals surface area (Å²) >= 11 is 1.74. The lowest BCUT2D eigenvalue weighted by molar-refractivity contribution is 0.336. The maximum atomic E-state index is 6.10. The average Bonchev–Trinajstić information content (AvgIpc) is 3.53. The van der Waals surface area contributed by atoms with Gasteiger partial charge in [-0.1, -0.05) is 12.1 Å². The van der Waals surface area contributed by atoms with Crippen molar-refractivity contribution in [3.05, 3.63) is 41.1 Å². The van der Waals surface area contributed by atoms with Gasteiger partial charge in [0.15, 0.2) is 22.4 Å². The molecule has 0 radical (unpaired) electrons. The molecule has 3 aromatic rings. The van der Waals surface area contributed by atoms with Crippen molar-refractivity contribution in [2.24, 2.45) is 4.99 Å². The van der Waals surface area contributed by atoms with Gasteiger partial charge in [-0.15, -0.1) is 35.3 Å². The van der Waals surface area contributed by atoms with Gasteiger partial charge < -0.3 is 24.7 Å². The van der Waals surface area contributed by atoms with E-state index in [1.807, 2.05) is 25.1 Å². The molecule has 1 aromatic carbocycles. The third-order valence-corrected chi connectivity index (χ3v) is 6.37. The van der Waals surface area contributed by atoms with E-state index in [1.54, 1.807) is 18.4 Å². The highest BCUT2D eigenvalue weighted by molar-refractivity contribution is 14.0. The third kappa shape index (κ3) is 5.86. The first-order chi connectivity index (χ1) is 15.2. The molecule has 2 N–H and O–H groups in total. The fourth-order valence-electron chi connectivity index (χ4n) is 3.78. The van der Waals surface area contributed by atoms with Crippen LogP contribution in [-0.2, 0) is 6.42 Å². The standard InChI is InChI=1S/C23H31N5O2S.HI/c1-4-29-19-9-7-8-17-14-20(30-21(17)19)16(2)26-22(24-3)25-11-10-18-15-31-23(27-18)28-12-5-6-13-28;/h7-9,14-16H,4-6,10-13H2,1-3H3,(H2,24,25,26);1H. The number of hydrogen-bond donors (Lipinski definition) is 2. The molecule has 7 nitrogen and oxygen atoms in total. The number of guanidine groups is 1. The molecule has 2 aromatic heterocycles. The highest BCUT2D eigenvalue weighted by atomic mass is 127. The van der Waals surface area contributed by atoms with Gasteiger partial charge in [-0.25, -0.2) is 4.98 Å². The summed E-state index contributed by atoms with van der Waals surface area (Å²) in [6, 6.07) is 7.98. The largest absolute Gasteiger partial charge is 0.490 e. The van der Waals surface area contributed by atoms with E-state index in [0.29, 0.717) is 6.61 Å². The number of aliphatic imine (C=N–C) groups is 1. The molecule has 1 atom stereocenters. The molecule has 1 saturated heterocycles. The average molecular weight is 570 g/mol. The Labute approximate surface area is 210 Å². The van der Waals surface area contributed by atoms with Crippen LogP contribution in [0.2, 0.25) is 0 Å². The molecule has 0 saturated carbocycles. The lowest BCUT2D eigenvalue weighted by atomic mass is 10.2. The highest BCUT2D eigenvalue weighted by Gasteiger charge is 2.17. The van der Waals surface area contributed by atoms with Crippen LogP contribution in [0.5, 0.6) is 5.75 Å². The maximum Gasteiger partial charge on any atom is 0.191 e. The van der Waals surface area contributed by atoms with Gasteiger partial charge in [-0.2, -0.15) is 0 Å². The van der Waals surface area contributed by atoms with E-state index in [2.05, 4.69) is 38.9 Å². The monoisotopic (exact) mass is 569 g/mol. The molecule has 0 bridgehead atoms. The van der Waals surface area contributed by atoms with E-state index < -0.39 is 0 Å². The second-order valence-electron chi connectivity index (χ2n) is 7.69. The SMILES string of the molecule is CCOc1cccc2cc(C(C)NC(=NC)NCCc3csc(N4CCCC4)n3)oc12.I. The zero-order valence-electron chi connectivity index (χ0n) is 18.9. The topological polar surface area (TPSA) is 74.9 Å². The second-order valence-corrected chi connectivity index (χ2v) is 8.52. The fraction of sp³-hybridized carbons (Fsp3) is 0.478. The summed E-state index contributed by atoms with van der Waals surface area (Å²) in [6.45, 7) is 7.68. The van der Waals surface area contributed by atoms with Crippen LogP contribution >= 0.6 is 35.3 Å². The molecule has 32 heavy (non-hydrogen) atoms. The Kier molecular flexibility index (Phi) is 9.03. The summed E-state index contributed by atoms with van der Waals surface area (Å²) in [5.74, 6) is 2.37. The second kappa shape index (κ2) is 11.7. The molecule has 9 heteroatoms. The normalized spacial score (nSPS) is 15.0. The van der Waals surface area contributed by atoms with Gasteiger partial charge in [0.2, 0.25) is 0 Å². The number of thiazole rings is 1. The number of hydrogen-bond acceptors (Lipinski definition) is 6. The number of aromatic nitrogens is 1. The lowest BCUT2D eigenvalue weighted by Gasteiger charge is -2.16. The van der Waals surface area contributed by atoms with Crippen molar-refractivity contribution in [1.29, 1.82) is 0 Å². The summed E-state index contributed by atoms with van der Waals surface area (Å²) in [6.07, 6.45) is 3.41. The molecule has 1 fully saturated rings. The van der Waals surface area contributed by atoms with Gasteiger partial charge in [-0.05, 0) is 38.8 Å². The summed E-state index contributed by atoms with van der Waals surface area (Å²) in [5.41, 5.74) is 1.91. The molecule has 0 spiro atoms. The molecule has 174 valence electrons. The number of nitrogens with zero attached hydrogens (tertiary/aromatic N) is 3. The van der Waals surface area contributed by atoms with Crippen molar-refractivity contribution in [2.75, 3.05) is 38.2 Å². The number of halogens is 1. The van der Waals surface area contributed by atoms with Crippen LogP contribution in [0.15, 0.2) is 39.1 Å². The van der Waals surface area contributed by atoms with Crippen molar-refractivity contribution < 1.29 is 9.15 Å². The smallest absolute Gasteiger partial charge is 0.191 e. The molecule has 1 aliphatic heterocycles. The Bertz CT molecular complexity index is 1030. The van der Waals surface area contributed by atoms with Crippen molar-refractivity contribution in [3.63, 3.8) is 0 Å². The zero-order valence-corrected chi connectivity index (χ0v) is 22.0. The Balaban J connectivity index is 0.00000289. The number of nitrogens with one attached hydrogen (secondary N) is 2. The number of para-hydroxylation sites is 1. The molecule has 1 unspecified atom stereocenters. The highest BCUT2D eigenvalue weighted by Crippen LogP contribution is 2.31. The predicted octanol–water partition coefficient (Wildman–Crippen LogP) is 4.97. The zero-order chi connectivity index (χ0) is 21.6. The van der Waals surface area contributed by atoms with Gasteiger partial charge in [0.1, 0.15) is 5.76 Å². The van der Waals surface area contributed by atoms with E-state index in [9.17, 15) is 0 Å². The molecule has 0 amide bonds. The molecular weight excluding hydrogens is 537 g/mol. The van der Waals surface area contributed by atoms with Gasteiger partial charge in [0.25, 0.3) is 0 Å². The van der Waals surface area contributed by atoms with Crippen molar-refractivity contribution >= 4 is 57.4 Å². The van der Waals surface area contributed by atoms with E-state index in [0.717, 1.165) is 65.3 Å². The van der Waals surface area contributed by atoms with Gasteiger partial charge in [0, 0.05) is 43.9 Å². The summed E-state index contributed by atoms with van der Waals surface area (Å²) in [4.78, 5) is 11.5. The minimum absolute atomic E-state index is 0. The Morgan fingerprint density at radius 1 is 1.34 bits per heavy atom. The molecule has 4 rings (SSSR count). The number of fused-ring (bicyclic) bond motifs is 1. The van der Waals surface area contributed by atoms with Crippen LogP contribution in [0, 0.1) is 0 Å². The van der Waals surface area contributed by atoms with Crippen molar-refractivity contribution in [3.8, 4) is 5.75 Å². The summed E-state index contributed by atoms with van der Waals surface area (Å²) < 4.78 is 11.8. The first kappa shape index (κ1) is 24.6. The van der Waals surface area contributed by atoms with Crippen molar-refractivity contribution in [2.45, 2.75) is 39.2 Å². The Hall–Kier alpha value is -2.01. The van der Waals surface area contributed by atoms with Gasteiger partial charge >= 0.3 is 0 Å². The van der Waals surface area contributed by atoms with Crippen LogP contribution < -0.4 is 20.3 Å². The van der Waals surface area contributed by atoms with Crippen LogP contribution in [0.3, 0.4) is 0 Å². The quantitative estimate of drug-likeness (QED) is 0.227. The molecule has 0 aliphatic carbocycles. The van der Waals surface area contributed by atoms with E-state index >= 15 is 0 Å². The van der Waals surface area contributed by atoms with Crippen molar-refractivity contribution in [1.82, 2.24) is 15.6 Å². The summed E-state index contributed by atoms with van der Waals surface area (Å²) in [5, 5.41) is 11.2. The maximum absolute atomic E-state index is 6.10. The number of anilines is 1. The van der Waals surface area contributed by atoms with Crippen LogP contribution in [0.25, 0.3) is 11.0 Å². The van der Waals surface area contributed by atoms with Crippen LogP contribution in [0.1, 0.15) is 44.2 Å². The van der Waals surface area contributed by atoms with E-state index in [1.165, 1.54) is 12.8 Å². The first-order valence-electron chi connectivity index (χ1n) is 11.0. The Morgan fingerprint density at radius 3 is 2.91 bits per heavy atom. The van der Waals surface area contributed by atoms with Crippen LogP contribution in [-0.4, -0.2) is 44.2 Å². The van der Waals surface area contributed by atoms with Crippen LogP contribution in [0.4, 0.5) is 5.13 Å². The molecule has 3 heterocycles. The van der Waals surface area contributed by atoms with E-state index in [4.69, 9.17) is 14.1 Å². The number of rotatable bonds is 8. The molecular formula is C23H32IN5O2S. The molecule has 1 aliphatic rings. The first-order valence-corrected chi connectivity index (χ1v) is 11.9. The number of benzene rings is 1. The fourth-order valence-corrected chi connectivity index (χ4v) is 4.70. The van der Waals surface area contributed by atoms with E-state index in [-0.39, 0.29) is 30.0 Å². The lowest BCUT2D eigenvalue weighted by Crippen LogP contribution is -2.39. The minimum Gasteiger partial charge on any atom is -0.490 e. The van der Waals surface area contributed by atoms with Gasteiger partial charge in [-0.3, -0.25) is 4.99 Å².